The van der Waals surface area contributed by atoms with Crippen molar-refractivity contribution in [2.24, 2.45) is 5.73 Å². The number of carbonyl (C=O) groups excluding carboxylic acids is 1. The Bertz CT molecular complexity index is 452. The monoisotopic (exact) mass is 330 g/mol. The van der Waals surface area contributed by atoms with Crippen LogP contribution in [0.25, 0.3) is 0 Å². The van der Waals surface area contributed by atoms with Crippen LogP contribution in [-0.4, -0.2) is 32.7 Å². The van der Waals surface area contributed by atoms with E-state index in [0.717, 1.165) is 16.5 Å². The molecule has 0 saturated carbocycles. The van der Waals surface area contributed by atoms with Crippen molar-refractivity contribution in [3.63, 3.8) is 0 Å². The summed E-state index contributed by atoms with van der Waals surface area (Å²) < 4.78 is 11.7. The Morgan fingerprint density at radius 2 is 2.21 bits per heavy atom. The molecule has 1 aromatic rings. The van der Waals surface area contributed by atoms with Crippen molar-refractivity contribution in [3.05, 3.63) is 22.2 Å². The lowest BCUT2D eigenvalue weighted by atomic mass is 10.1. The molecular formula is C13H19BrN2O3. The first-order chi connectivity index (χ1) is 9.03. The minimum Gasteiger partial charge on any atom is -0.493 e. The number of amides is 1. The largest absolute Gasteiger partial charge is 0.493 e. The third-order valence-electron chi connectivity index (χ3n) is 2.63. The topological polar surface area (TPSA) is 73.6 Å². The number of nitrogens with two attached hydrogens (primary N) is 1. The van der Waals surface area contributed by atoms with Gasteiger partial charge >= 0.3 is 0 Å². The second-order valence-corrected chi connectivity index (χ2v) is 4.88. The molecule has 6 heteroatoms. The molecule has 0 spiro atoms. The van der Waals surface area contributed by atoms with Gasteiger partial charge in [-0.2, -0.15) is 0 Å². The SMILES string of the molecule is CNC(=O)C(C)Oc1c(Br)cc(CCN)cc1OC. The smallest absolute Gasteiger partial charge is 0.260 e. The molecule has 1 rings (SSSR count). The van der Waals surface area contributed by atoms with E-state index in [1.54, 1.807) is 21.1 Å². The summed E-state index contributed by atoms with van der Waals surface area (Å²) in [5.74, 6) is 0.896. The second-order valence-electron chi connectivity index (χ2n) is 4.02. The molecule has 1 unspecified atom stereocenters. The molecule has 3 N–H and O–H groups in total. The zero-order chi connectivity index (χ0) is 14.4. The van der Waals surface area contributed by atoms with Crippen LogP contribution in [0.1, 0.15) is 12.5 Å². The molecule has 0 fully saturated rings. The van der Waals surface area contributed by atoms with Crippen LogP contribution in [0.2, 0.25) is 0 Å². The molecule has 0 aliphatic rings. The van der Waals surface area contributed by atoms with E-state index in [2.05, 4.69) is 21.2 Å². The first-order valence-electron chi connectivity index (χ1n) is 5.98. The second kappa shape index (κ2) is 7.35. The Kier molecular flexibility index (Phi) is 6.11. The lowest BCUT2D eigenvalue weighted by Crippen LogP contribution is -2.33. The van der Waals surface area contributed by atoms with Crippen molar-refractivity contribution >= 4 is 21.8 Å². The summed E-state index contributed by atoms with van der Waals surface area (Å²) in [5, 5.41) is 2.54. The lowest BCUT2D eigenvalue weighted by Gasteiger charge is -2.18. The van der Waals surface area contributed by atoms with Crippen molar-refractivity contribution in [2.75, 3.05) is 20.7 Å². The predicted octanol–water partition coefficient (Wildman–Crippen LogP) is 1.47. The predicted molar refractivity (Wildman–Crippen MR) is 77.6 cm³/mol. The van der Waals surface area contributed by atoms with Gasteiger partial charge in [0.2, 0.25) is 0 Å². The Labute approximate surface area is 121 Å². The third-order valence-corrected chi connectivity index (χ3v) is 3.22. The first kappa shape index (κ1) is 15.8. The summed E-state index contributed by atoms with van der Waals surface area (Å²) in [6.45, 7) is 2.24. The molecule has 0 saturated heterocycles. The zero-order valence-electron chi connectivity index (χ0n) is 11.3. The van der Waals surface area contributed by atoms with Gasteiger partial charge in [-0.3, -0.25) is 4.79 Å². The molecule has 0 aliphatic carbocycles. The van der Waals surface area contributed by atoms with Crippen LogP contribution in [0.4, 0.5) is 0 Å². The van der Waals surface area contributed by atoms with Crippen molar-refractivity contribution in [2.45, 2.75) is 19.4 Å². The summed E-state index contributed by atoms with van der Waals surface area (Å²) in [7, 11) is 3.13. The van der Waals surface area contributed by atoms with E-state index in [-0.39, 0.29) is 5.91 Å². The average molecular weight is 331 g/mol. The molecule has 0 radical (unpaired) electrons. The van der Waals surface area contributed by atoms with Gasteiger partial charge in [-0.15, -0.1) is 0 Å². The van der Waals surface area contributed by atoms with Gasteiger partial charge in [0.05, 0.1) is 11.6 Å². The molecule has 0 bridgehead atoms. The molecule has 106 valence electrons. The Morgan fingerprint density at radius 1 is 1.53 bits per heavy atom. The van der Waals surface area contributed by atoms with Gasteiger partial charge < -0.3 is 20.5 Å². The minimum absolute atomic E-state index is 0.194. The van der Waals surface area contributed by atoms with Gasteiger partial charge in [-0.1, -0.05) is 0 Å². The molecule has 1 atom stereocenters. The summed E-state index contributed by atoms with van der Waals surface area (Å²) in [6.07, 6.45) is 0.149. The Hall–Kier alpha value is -1.27. The number of methoxy groups -OCH3 is 1. The van der Waals surface area contributed by atoms with Crippen LogP contribution in [0.5, 0.6) is 11.5 Å². The highest BCUT2D eigenvalue weighted by Crippen LogP contribution is 2.37. The average Bonchev–Trinajstić information content (AvgIpc) is 2.40. The fourth-order valence-electron chi connectivity index (χ4n) is 1.63. The molecule has 1 aromatic carbocycles. The van der Waals surface area contributed by atoms with E-state index >= 15 is 0 Å². The standard InChI is InChI=1S/C13H19BrN2O3/c1-8(13(17)16-2)19-12-10(14)6-9(4-5-15)7-11(12)18-3/h6-8H,4-5,15H2,1-3H3,(H,16,17). The van der Waals surface area contributed by atoms with E-state index in [4.69, 9.17) is 15.2 Å². The van der Waals surface area contributed by atoms with Crippen molar-refractivity contribution in [1.82, 2.24) is 5.32 Å². The highest BCUT2D eigenvalue weighted by Gasteiger charge is 2.18. The van der Waals surface area contributed by atoms with Crippen LogP contribution >= 0.6 is 15.9 Å². The number of carbonyl (C=O) groups is 1. The van der Waals surface area contributed by atoms with E-state index in [1.165, 1.54) is 0 Å². The maximum absolute atomic E-state index is 11.5. The molecule has 5 nitrogen and oxygen atoms in total. The van der Waals surface area contributed by atoms with E-state index in [1.807, 2.05) is 12.1 Å². The van der Waals surface area contributed by atoms with Crippen LogP contribution in [-0.2, 0) is 11.2 Å². The molecule has 0 aromatic heterocycles. The summed E-state index contributed by atoms with van der Waals surface area (Å²) in [4.78, 5) is 11.5. The quantitative estimate of drug-likeness (QED) is 0.828. The Morgan fingerprint density at radius 3 is 2.74 bits per heavy atom. The number of hydrogen-bond acceptors (Lipinski definition) is 4. The number of halogens is 1. The van der Waals surface area contributed by atoms with Crippen molar-refractivity contribution < 1.29 is 14.3 Å². The first-order valence-corrected chi connectivity index (χ1v) is 6.77. The zero-order valence-corrected chi connectivity index (χ0v) is 12.9. The van der Waals surface area contributed by atoms with Crippen molar-refractivity contribution in [1.29, 1.82) is 0 Å². The van der Waals surface area contributed by atoms with Gasteiger partial charge in [0.15, 0.2) is 17.6 Å². The summed E-state index contributed by atoms with van der Waals surface area (Å²) in [6, 6.07) is 3.78. The summed E-state index contributed by atoms with van der Waals surface area (Å²) >= 11 is 3.43. The number of benzene rings is 1. The van der Waals surface area contributed by atoms with Crippen LogP contribution in [0.3, 0.4) is 0 Å². The summed E-state index contributed by atoms with van der Waals surface area (Å²) in [5.41, 5.74) is 6.59. The molecule has 19 heavy (non-hydrogen) atoms. The highest BCUT2D eigenvalue weighted by molar-refractivity contribution is 9.10. The molecule has 0 aliphatic heterocycles. The normalized spacial score (nSPS) is 11.8. The van der Waals surface area contributed by atoms with Gasteiger partial charge in [-0.25, -0.2) is 0 Å². The molecule has 1 amide bonds. The maximum atomic E-state index is 11.5. The van der Waals surface area contributed by atoms with Crippen molar-refractivity contribution in [3.8, 4) is 11.5 Å². The number of nitrogens with one attached hydrogen (secondary N) is 1. The van der Waals surface area contributed by atoms with Crippen LogP contribution < -0.4 is 20.5 Å². The van der Waals surface area contributed by atoms with Crippen LogP contribution in [0.15, 0.2) is 16.6 Å². The lowest BCUT2D eigenvalue weighted by molar-refractivity contribution is -0.126. The number of likely N-dealkylation sites (N-methyl/N-ethyl adjacent to an activating group) is 1. The van der Waals surface area contributed by atoms with Gasteiger partial charge in [0, 0.05) is 7.05 Å². The third kappa shape index (κ3) is 4.11. The molecule has 0 heterocycles. The van der Waals surface area contributed by atoms with E-state index in [9.17, 15) is 4.79 Å². The number of rotatable bonds is 6. The molecular weight excluding hydrogens is 312 g/mol. The van der Waals surface area contributed by atoms with Gasteiger partial charge in [-0.05, 0) is 53.5 Å². The minimum atomic E-state index is -0.601. The van der Waals surface area contributed by atoms with Gasteiger partial charge in [0.25, 0.3) is 5.91 Å². The van der Waals surface area contributed by atoms with Gasteiger partial charge in [0.1, 0.15) is 0 Å². The number of ether oxygens (including phenoxy) is 2. The fourth-order valence-corrected chi connectivity index (χ4v) is 2.22. The fraction of sp³-hybridized carbons (Fsp3) is 0.462. The van der Waals surface area contributed by atoms with Crippen LogP contribution in [0, 0.1) is 0 Å². The Balaban J connectivity index is 3.02. The maximum Gasteiger partial charge on any atom is 0.260 e. The number of hydrogen-bond donors (Lipinski definition) is 2. The highest BCUT2D eigenvalue weighted by atomic mass is 79.9. The van der Waals surface area contributed by atoms with E-state index in [0.29, 0.717) is 18.0 Å². The van der Waals surface area contributed by atoms with E-state index < -0.39 is 6.10 Å².